The van der Waals surface area contributed by atoms with E-state index in [-0.39, 0.29) is 16.6 Å². The minimum atomic E-state index is -0.381. The van der Waals surface area contributed by atoms with Gasteiger partial charge >= 0.3 is 0 Å². The summed E-state index contributed by atoms with van der Waals surface area (Å²) in [4.78, 5) is 11.3. The first-order valence-electron chi connectivity index (χ1n) is 3.48. The lowest BCUT2D eigenvalue weighted by atomic mass is 10.1. The summed E-state index contributed by atoms with van der Waals surface area (Å²) in [5.74, 6) is -0.533. The second-order valence-corrected chi connectivity index (χ2v) is 3.13. The van der Waals surface area contributed by atoms with Crippen LogP contribution in [0.25, 0.3) is 0 Å². The fraction of sp³-hybridized carbons (Fsp3) is 0.125. The molecule has 1 aliphatic heterocycles. The molecule has 1 heterocycles. The fourth-order valence-electron chi connectivity index (χ4n) is 1.23. The van der Waals surface area contributed by atoms with E-state index in [1.807, 2.05) is 0 Å². The van der Waals surface area contributed by atoms with Crippen LogP contribution in [0.1, 0.15) is 15.9 Å². The van der Waals surface area contributed by atoms with Crippen LogP contribution in [0.15, 0.2) is 17.0 Å². The van der Waals surface area contributed by atoms with Crippen LogP contribution in [0.4, 0.5) is 4.39 Å². The zero-order valence-corrected chi connectivity index (χ0v) is 6.99. The van der Waals surface area contributed by atoms with Gasteiger partial charge in [-0.25, -0.2) is 4.39 Å². The summed E-state index contributed by atoms with van der Waals surface area (Å²) < 4.78 is 12.9. The van der Waals surface area contributed by atoms with E-state index in [0.29, 0.717) is 17.7 Å². The van der Waals surface area contributed by atoms with Gasteiger partial charge in [-0.3, -0.25) is 4.79 Å². The highest BCUT2D eigenvalue weighted by Gasteiger charge is 2.20. The lowest BCUT2D eigenvalue weighted by Gasteiger charge is -1.98. The average molecular weight is 183 g/mol. The quantitative estimate of drug-likeness (QED) is 0.584. The Morgan fingerprint density at radius 2 is 2.25 bits per heavy atom. The maximum atomic E-state index is 12.9. The average Bonchev–Trinajstić information content (AvgIpc) is 2.35. The molecule has 0 atom stereocenters. The summed E-state index contributed by atoms with van der Waals surface area (Å²) in [5.41, 5.74) is 1.23. The monoisotopic (exact) mass is 183 g/mol. The molecule has 0 fully saturated rings. The molecule has 0 unspecified atom stereocenters. The Bertz CT molecular complexity index is 364. The smallest absolute Gasteiger partial charge is 0.251 e. The van der Waals surface area contributed by atoms with Gasteiger partial charge in [-0.1, -0.05) is 0 Å². The number of carbonyl (C=O) groups excluding carboxylic acids is 1. The maximum Gasteiger partial charge on any atom is 0.251 e. The van der Waals surface area contributed by atoms with E-state index in [1.54, 1.807) is 0 Å². The van der Waals surface area contributed by atoms with Gasteiger partial charge < -0.3 is 5.32 Å². The molecule has 12 heavy (non-hydrogen) atoms. The zero-order valence-electron chi connectivity index (χ0n) is 6.10. The summed E-state index contributed by atoms with van der Waals surface area (Å²) in [6.45, 7) is 0.416. The Labute approximate surface area is 74.2 Å². The number of nitrogens with one attached hydrogen (secondary N) is 1. The predicted octanol–water partition coefficient (Wildman–Crippen LogP) is 1.36. The Morgan fingerprint density at radius 3 is 3.00 bits per heavy atom. The van der Waals surface area contributed by atoms with E-state index in [9.17, 15) is 9.18 Å². The highest BCUT2D eigenvalue weighted by Crippen LogP contribution is 2.22. The molecule has 2 rings (SSSR count). The van der Waals surface area contributed by atoms with Crippen molar-refractivity contribution >= 4 is 18.5 Å². The Morgan fingerprint density at radius 1 is 1.50 bits per heavy atom. The number of thiol groups is 1. The molecule has 0 aromatic heterocycles. The molecule has 0 spiro atoms. The third-order valence-corrected chi connectivity index (χ3v) is 2.20. The number of halogens is 1. The summed E-state index contributed by atoms with van der Waals surface area (Å²) in [6.07, 6.45) is 0. The van der Waals surface area contributed by atoms with E-state index in [1.165, 1.54) is 12.1 Å². The van der Waals surface area contributed by atoms with E-state index in [0.717, 1.165) is 0 Å². The molecule has 0 radical (unpaired) electrons. The van der Waals surface area contributed by atoms with Crippen LogP contribution >= 0.6 is 12.6 Å². The van der Waals surface area contributed by atoms with Crippen LogP contribution in [0.2, 0.25) is 0 Å². The highest BCUT2D eigenvalue weighted by molar-refractivity contribution is 7.80. The number of fused-ring (bicyclic) bond motifs is 1. The topological polar surface area (TPSA) is 29.1 Å². The maximum absolute atomic E-state index is 12.9. The minimum Gasteiger partial charge on any atom is -0.348 e. The van der Waals surface area contributed by atoms with Crippen LogP contribution < -0.4 is 5.32 Å². The summed E-state index contributed by atoms with van der Waals surface area (Å²) in [6, 6.07) is 2.80. The molecule has 0 bridgehead atoms. The van der Waals surface area contributed by atoms with Crippen molar-refractivity contribution in [3.8, 4) is 0 Å². The van der Waals surface area contributed by atoms with Gasteiger partial charge in [0.2, 0.25) is 0 Å². The molecular formula is C8H6FNOS. The first-order chi connectivity index (χ1) is 5.68. The van der Waals surface area contributed by atoms with Gasteiger partial charge in [0.05, 0.1) is 0 Å². The number of hydrogen-bond donors (Lipinski definition) is 2. The molecule has 0 saturated heterocycles. The van der Waals surface area contributed by atoms with Gasteiger partial charge in [-0.15, -0.1) is 12.6 Å². The van der Waals surface area contributed by atoms with E-state index < -0.39 is 0 Å². The molecule has 2 nitrogen and oxygen atoms in total. The van der Waals surface area contributed by atoms with Gasteiger partial charge in [0, 0.05) is 17.0 Å². The third-order valence-electron chi connectivity index (χ3n) is 1.86. The molecule has 1 amide bonds. The largest absolute Gasteiger partial charge is 0.348 e. The van der Waals surface area contributed by atoms with E-state index in [4.69, 9.17) is 0 Å². The van der Waals surface area contributed by atoms with Gasteiger partial charge in [0.15, 0.2) is 0 Å². The molecule has 0 saturated carbocycles. The Hall–Kier alpha value is -1.03. The molecule has 1 N–H and O–H groups in total. The van der Waals surface area contributed by atoms with Crippen LogP contribution in [-0.2, 0) is 6.54 Å². The van der Waals surface area contributed by atoms with Crippen LogP contribution in [-0.4, -0.2) is 5.91 Å². The van der Waals surface area contributed by atoms with Crippen molar-refractivity contribution in [1.29, 1.82) is 0 Å². The molecule has 1 aliphatic rings. The normalized spacial score (nSPS) is 14.3. The Balaban J connectivity index is 2.63. The summed E-state index contributed by atoms with van der Waals surface area (Å²) >= 11 is 3.88. The second-order valence-electron chi connectivity index (χ2n) is 2.64. The molecule has 62 valence electrons. The number of hydrogen-bond acceptors (Lipinski definition) is 2. The molecule has 1 aromatic carbocycles. The van der Waals surface area contributed by atoms with Gasteiger partial charge in [-0.05, 0) is 17.7 Å². The number of rotatable bonds is 0. The van der Waals surface area contributed by atoms with Crippen molar-refractivity contribution in [3.05, 3.63) is 29.1 Å². The molecule has 0 aliphatic carbocycles. The van der Waals surface area contributed by atoms with Gasteiger partial charge in [-0.2, -0.15) is 0 Å². The minimum absolute atomic E-state index is 0.152. The first kappa shape index (κ1) is 7.61. The van der Waals surface area contributed by atoms with E-state index in [2.05, 4.69) is 17.9 Å². The fourth-order valence-corrected chi connectivity index (χ4v) is 1.43. The second kappa shape index (κ2) is 2.48. The van der Waals surface area contributed by atoms with Crippen molar-refractivity contribution in [2.24, 2.45) is 0 Å². The van der Waals surface area contributed by atoms with Crippen molar-refractivity contribution in [1.82, 2.24) is 5.32 Å². The number of carbonyl (C=O) groups is 1. The molecule has 1 aromatic rings. The van der Waals surface area contributed by atoms with Gasteiger partial charge in [0.1, 0.15) is 5.82 Å². The van der Waals surface area contributed by atoms with Crippen molar-refractivity contribution < 1.29 is 9.18 Å². The van der Waals surface area contributed by atoms with Crippen molar-refractivity contribution in [2.75, 3.05) is 0 Å². The van der Waals surface area contributed by atoms with Crippen LogP contribution in [0, 0.1) is 5.82 Å². The van der Waals surface area contributed by atoms with Crippen LogP contribution in [0.5, 0.6) is 0 Å². The van der Waals surface area contributed by atoms with Gasteiger partial charge in [0.25, 0.3) is 5.91 Å². The number of benzene rings is 1. The third kappa shape index (κ3) is 0.992. The standard InChI is InChI=1S/C8H6FNOS/c9-6-1-4-3-10-8(11)5(4)2-7(6)12/h1-2,12H,3H2,(H,10,11). The molecular weight excluding hydrogens is 177 g/mol. The predicted molar refractivity (Wildman–Crippen MR) is 44.8 cm³/mol. The summed E-state index contributed by atoms with van der Waals surface area (Å²) in [7, 11) is 0. The lowest BCUT2D eigenvalue weighted by molar-refractivity contribution is 0.0965. The highest BCUT2D eigenvalue weighted by atomic mass is 32.1. The number of amides is 1. The zero-order chi connectivity index (χ0) is 8.72. The summed E-state index contributed by atoms with van der Waals surface area (Å²) in [5, 5.41) is 2.60. The first-order valence-corrected chi connectivity index (χ1v) is 3.93. The van der Waals surface area contributed by atoms with E-state index >= 15 is 0 Å². The SMILES string of the molecule is O=C1NCc2cc(F)c(S)cc21. The van der Waals surface area contributed by atoms with Crippen molar-refractivity contribution in [3.63, 3.8) is 0 Å². The molecule has 4 heteroatoms. The Kier molecular flexibility index (Phi) is 1.58. The van der Waals surface area contributed by atoms with Crippen molar-refractivity contribution in [2.45, 2.75) is 11.4 Å². The lowest BCUT2D eigenvalue weighted by Crippen LogP contribution is -2.12. The van der Waals surface area contributed by atoms with Crippen LogP contribution in [0.3, 0.4) is 0 Å².